The van der Waals surface area contributed by atoms with Crippen LogP contribution in [-0.2, 0) is 11.2 Å². The molecule has 1 aliphatic heterocycles. The van der Waals surface area contributed by atoms with Gasteiger partial charge in [-0.2, -0.15) is 0 Å². The van der Waals surface area contributed by atoms with Gasteiger partial charge < -0.3 is 10.1 Å². The van der Waals surface area contributed by atoms with Gasteiger partial charge in [0.25, 0.3) is 0 Å². The Bertz CT molecular complexity index is 910. The van der Waals surface area contributed by atoms with Crippen molar-refractivity contribution in [2.45, 2.75) is 26.4 Å². The van der Waals surface area contributed by atoms with E-state index in [2.05, 4.69) is 55.5 Å². The number of morpholine rings is 1. The van der Waals surface area contributed by atoms with E-state index in [-0.39, 0.29) is 6.10 Å². The van der Waals surface area contributed by atoms with E-state index in [1.165, 1.54) is 5.56 Å². The number of ether oxygens (including phenoxy) is 1. The Labute approximate surface area is 172 Å². The topological polar surface area (TPSA) is 63.2 Å². The van der Waals surface area contributed by atoms with E-state index < -0.39 is 0 Å². The molecule has 0 bridgehead atoms. The smallest absolute Gasteiger partial charge is 0.227 e. The number of rotatable bonds is 6. The molecule has 0 amide bonds. The van der Waals surface area contributed by atoms with Crippen molar-refractivity contribution >= 4 is 11.6 Å². The van der Waals surface area contributed by atoms with Crippen LogP contribution in [-0.4, -0.2) is 46.1 Å². The molecule has 1 saturated heterocycles. The molecule has 0 aliphatic carbocycles. The second kappa shape index (κ2) is 9.11. The van der Waals surface area contributed by atoms with Crippen molar-refractivity contribution in [2.24, 2.45) is 0 Å². The molecule has 1 aromatic carbocycles. The van der Waals surface area contributed by atoms with Crippen LogP contribution in [0.2, 0.25) is 0 Å². The maximum absolute atomic E-state index is 5.99. The van der Waals surface area contributed by atoms with Gasteiger partial charge >= 0.3 is 0 Å². The van der Waals surface area contributed by atoms with E-state index in [0.717, 1.165) is 55.4 Å². The maximum Gasteiger partial charge on any atom is 0.227 e. The Morgan fingerprint density at radius 1 is 1.07 bits per heavy atom. The zero-order valence-corrected chi connectivity index (χ0v) is 17.0. The largest absolute Gasteiger partial charge is 0.369 e. The van der Waals surface area contributed by atoms with E-state index in [0.29, 0.717) is 5.95 Å². The van der Waals surface area contributed by atoms with Crippen LogP contribution in [0.4, 0.5) is 11.6 Å². The fourth-order valence-corrected chi connectivity index (χ4v) is 3.60. The van der Waals surface area contributed by atoms with Crippen LogP contribution >= 0.6 is 0 Å². The first-order valence-electron chi connectivity index (χ1n) is 10.1. The summed E-state index contributed by atoms with van der Waals surface area (Å²) in [7, 11) is 0. The number of benzene rings is 1. The average Bonchev–Trinajstić information content (AvgIpc) is 2.73. The molecule has 0 spiro atoms. The normalized spacial score (nSPS) is 17.2. The van der Waals surface area contributed by atoms with Crippen molar-refractivity contribution in [1.29, 1.82) is 0 Å². The molecule has 6 nitrogen and oxygen atoms in total. The summed E-state index contributed by atoms with van der Waals surface area (Å²) in [6.45, 7) is 7.53. The van der Waals surface area contributed by atoms with Gasteiger partial charge in [0.2, 0.25) is 5.95 Å². The number of anilines is 2. The number of hydrogen-bond acceptors (Lipinski definition) is 6. The van der Waals surface area contributed by atoms with Gasteiger partial charge in [-0.05, 0) is 44.0 Å². The van der Waals surface area contributed by atoms with E-state index >= 15 is 0 Å². The predicted octanol–water partition coefficient (Wildman–Crippen LogP) is 3.85. The van der Waals surface area contributed by atoms with Gasteiger partial charge in [-0.15, -0.1) is 0 Å². The van der Waals surface area contributed by atoms with Crippen LogP contribution in [0.1, 0.15) is 28.7 Å². The summed E-state index contributed by atoms with van der Waals surface area (Å²) in [5, 5.41) is 3.23. The molecule has 3 heterocycles. The maximum atomic E-state index is 5.99. The zero-order chi connectivity index (χ0) is 20.1. The van der Waals surface area contributed by atoms with Crippen molar-refractivity contribution in [2.75, 3.05) is 31.6 Å². The number of hydrogen-bond donors (Lipinski definition) is 1. The first kappa shape index (κ1) is 19.5. The molecule has 1 aliphatic rings. The Hall–Kier alpha value is -2.83. The lowest BCUT2D eigenvalue weighted by Crippen LogP contribution is -2.39. The van der Waals surface area contributed by atoms with Crippen molar-refractivity contribution in [3.05, 3.63) is 77.4 Å². The minimum atomic E-state index is 0.00559. The number of pyridine rings is 1. The highest BCUT2D eigenvalue weighted by Crippen LogP contribution is 2.22. The summed E-state index contributed by atoms with van der Waals surface area (Å²) in [4.78, 5) is 15.9. The molecule has 4 rings (SSSR count). The molecule has 2 aromatic heterocycles. The summed E-state index contributed by atoms with van der Waals surface area (Å²) >= 11 is 0. The monoisotopic (exact) mass is 389 g/mol. The Kier molecular flexibility index (Phi) is 6.12. The third kappa shape index (κ3) is 5.37. The van der Waals surface area contributed by atoms with Crippen LogP contribution in [0.25, 0.3) is 0 Å². The lowest BCUT2D eigenvalue weighted by atomic mass is 10.1. The molecule has 6 heteroatoms. The molecule has 29 heavy (non-hydrogen) atoms. The average molecular weight is 390 g/mol. The standard InChI is InChI=1S/C23H27N5O/c1-17-14-18(2)26-23(25-17)27-20-8-9-21(24-15-20)22-16-28(12-13-29-22)11-10-19-6-4-3-5-7-19/h3-9,14-15,22H,10-13,16H2,1-2H3,(H,25,26,27). The molecule has 150 valence electrons. The highest BCUT2D eigenvalue weighted by Gasteiger charge is 2.22. The second-order valence-corrected chi connectivity index (χ2v) is 7.47. The van der Waals surface area contributed by atoms with Crippen LogP contribution in [0, 0.1) is 13.8 Å². The van der Waals surface area contributed by atoms with Crippen LogP contribution in [0.3, 0.4) is 0 Å². The fraction of sp³-hybridized carbons (Fsp3) is 0.348. The quantitative estimate of drug-likeness (QED) is 0.691. The molecular formula is C23H27N5O. The third-order valence-electron chi connectivity index (χ3n) is 5.06. The lowest BCUT2D eigenvalue weighted by Gasteiger charge is -2.32. The van der Waals surface area contributed by atoms with Gasteiger partial charge in [0, 0.05) is 31.0 Å². The summed E-state index contributed by atoms with van der Waals surface area (Å²) < 4.78 is 5.99. The number of nitrogens with one attached hydrogen (secondary N) is 1. The van der Waals surface area contributed by atoms with E-state index in [9.17, 15) is 0 Å². The Morgan fingerprint density at radius 3 is 2.59 bits per heavy atom. The summed E-state index contributed by atoms with van der Waals surface area (Å²) in [6, 6.07) is 16.6. The second-order valence-electron chi connectivity index (χ2n) is 7.47. The van der Waals surface area contributed by atoms with E-state index in [1.54, 1.807) is 0 Å². The Balaban J connectivity index is 1.35. The summed E-state index contributed by atoms with van der Waals surface area (Å²) in [5.41, 5.74) is 5.08. The van der Waals surface area contributed by atoms with Gasteiger partial charge in [0.05, 0.1) is 24.2 Å². The van der Waals surface area contributed by atoms with Gasteiger partial charge in [-0.1, -0.05) is 30.3 Å². The predicted molar refractivity (Wildman–Crippen MR) is 114 cm³/mol. The number of nitrogens with zero attached hydrogens (tertiary/aromatic N) is 4. The minimum absolute atomic E-state index is 0.00559. The van der Waals surface area contributed by atoms with Gasteiger partial charge in [0.15, 0.2) is 0 Å². The molecular weight excluding hydrogens is 362 g/mol. The highest BCUT2D eigenvalue weighted by molar-refractivity contribution is 5.52. The SMILES string of the molecule is Cc1cc(C)nc(Nc2ccc(C3CN(CCc4ccccc4)CCO3)nc2)n1. The van der Waals surface area contributed by atoms with Crippen LogP contribution in [0.5, 0.6) is 0 Å². The Morgan fingerprint density at radius 2 is 1.86 bits per heavy atom. The molecule has 1 atom stereocenters. The van der Waals surface area contributed by atoms with Crippen LogP contribution in [0.15, 0.2) is 54.7 Å². The number of aromatic nitrogens is 3. The van der Waals surface area contributed by atoms with Crippen molar-refractivity contribution in [3.63, 3.8) is 0 Å². The molecule has 0 radical (unpaired) electrons. The van der Waals surface area contributed by atoms with E-state index in [1.807, 2.05) is 38.2 Å². The first-order chi connectivity index (χ1) is 14.2. The zero-order valence-electron chi connectivity index (χ0n) is 17.0. The van der Waals surface area contributed by atoms with Crippen molar-refractivity contribution in [1.82, 2.24) is 19.9 Å². The van der Waals surface area contributed by atoms with Gasteiger partial charge in [0.1, 0.15) is 6.10 Å². The van der Waals surface area contributed by atoms with Crippen molar-refractivity contribution < 1.29 is 4.74 Å². The van der Waals surface area contributed by atoms with Crippen molar-refractivity contribution in [3.8, 4) is 0 Å². The van der Waals surface area contributed by atoms with Crippen LogP contribution < -0.4 is 5.32 Å². The minimum Gasteiger partial charge on any atom is -0.369 e. The van der Waals surface area contributed by atoms with Gasteiger partial charge in [-0.3, -0.25) is 9.88 Å². The van der Waals surface area contributed by atoms with E-state index in [4.69, 9.17) is 4.74 Å². The first-order valence-corrected chi connectivity index (χ1v) is 10.1. The molecule has 3 aromatic rings. The summed E-state index contributed by atoms with van der Waals surface area (Å²) in [6.07, 6.45) is 2.88. The third-order valence-corrected chi connectivity index (χ3v) is 5.06. The fourth-order valence-electron chi connectivity index (χ4n) is 3.60. The lowest BCUT2D eigenvalue weighted by molar-refractivity contribution is -0.0316. The summed E-state index contributed by atoms with van der Waals surface area (Å²) in [5.74, 6) is 0.595. The highest BCUT2D eigenvalue weighted by atomic mass is 16.5. The molecule has 1 N–H and O–H groups in total. The molecule has 0 saturated carbocycles. The molecule has 1 fully saturated rings. The number of aryl methyl sites for hydroxylation is 2. The van der Waals surface area contributed by atoms with Gasteiger partial charge in [-0.25, -0.2) is 9.97 Å². The molecule has 1 unspecified atom stereocenters.